The molecule has 1 aliphatic rings. The van der Waals surface area contributed by atoms with Gasteiger partial charge in [0, 0.05) is 12.4 Å². The summed E-state index contributed by atoms with van der Waals surface area (Å²) in [6, 6.07) is 0. The van der Waals surface area contributed by atoms with Crippen LogP contribution in [0.3, 0.4) is 0 Å². The normalized spacial score (nSPS) is 21.1. The summed E-state index contributed by atoms with van der Waals surface area (Å²) in [6.45, 7) is 0.0170. The Morgan fingerprint density at radius 3 is 2.27 bits per heavy atom. The number of hydrogen-bond acceptors (Lipinski definition) is 2. The molecule has 0 atom stereocenters. The summed E-state index contributed by atoms with van der Waals surface area (Å²) >= 11 is 5.75. The zero-order valence-electron chi connectivity index (χ0n) is 8.18. The van der Waals surface area contributed by atoms with E-state index in [1.54, 1.807) is 0 Å². The van der Waals surface area contributed by atoms with Gasteiger partial charge in [0.25, 0.3) is 10.0 Å². The summed E-state index contributed by atoms with van der Waals surface area (Å²) in [5, 5.41) is 0. The van der Waals surface area contributed by atoms with Gasteiger partial charge in [-0.15, -0.1) is 11.6 Å². The van der Waals surface area contributed by atoms with Gasteiger partial charge in [-0.05, 0) is 18.3 Å². The van der Waals surface area contributed by atoms with Crippen LogP contribution < -0.4 is 4.72 Å². The third-order valence-corrected chi connectivity index (χ3v) is 4.41. The van der Waals surface area contributed by atoms with E-state index in [1.165, 1.54) is 0 Å². The smallest absolute Gasteiger partial charge is 0.210 e. The monoisotopic (exact) mass is 261 g/mol. The van der Waals surface area contributed by atoms with E-state index in [2.05, 4.69) is 0 Å². The van der Waals surface area contributed by atoms with E-state index in [0.29, 0.717) is 5.88 Å². The van der Waals surface area contributed by atoms with Crippen molar-refractivity contribution in [3.8, 4) is 0 Å². The van der Waals surface area contributed by atoms with Crippen molar-refractivity contribution in [3.63, 3.8) is 0 Å². The fourth-order valence-electron chi connectivity index (χ4n) is 1.80. The van der Waals surface area contributed by atoms with Gasteiger partial charge in [0.15, 0.2) is 0 Å². The van der Waals surface area contributed by atoms with Crippen molar-refractivity contribution in [1.29, 1.82) is 0 Å². The summed E-state index contributed by atoms with van der Waals surface area (Å²) in [4.78, 5) is 0. The molecule has 3 nitrogen and oxygen atoms in total. The number of hydrogen-bond donors (Lipinski definition) is 1. The molecular formula is C8H14ClF2NO2S. The first-order valence-corrected chi connectivity index (χ1v) is 6.83. The molecule has 0 amide bonds. The minimum atomic E-state index is -4.48. The molecule has 15 heavy (non-hydrogen) atoms. The Hall–Kier alpha value is 0.0600. The van der Waals surface area contributed by atoms with E-state index < -0.39 is 15.8 Å². The van der Waals surface area contributed by atoms with Crippen LogP contribution in [0.4, 0.5) is 8.78 Å². The van der Waals surface area contributed by atoms with E-state index in [4.69, 9.17) is 11.6 Å². The highest BCUT2D eigenvalue weighted by Crippen LogP contribution is 2.38. The second kappa shape index (κ2) is 4.93. The van der Waals surface area contributed by atoms with Crippen LogP contribution in [0.2, 0.25) is 0 Å². The molecule has 1 rings (SSSR count). The van der Waals surface area contributed by atoms with Crippen LogP contribution in [-0.4, -0.2) is 26.6 Å². The van der Waals surface area contributed by atoms with Crippen molar-refractivity contribution in [2.75, 3.05) is 12.4 Å². The molecule has 0 spiro atoms. The van der Waals surface area contributed by atoms with Gasteiger partial charge in [0.2, 0.25) is 0 Å². The first kappa shape index (κ1) is 13.1. The molecule has 0 aliphatic heterocycles. The highest BCUT2D eigenvalue weighted by Gasteiger charge is 2.35. The van der Waals surface area contributed by atoms with Crippen LogP contribution in [0.1, 0.15) is 25.7 Å². The molecule has 1 fully saturated rings. The maximum atomic E-state index is 12.0. The van der Waals surface area contributed by atoms with E-state index >= 15 is 0 Å². The summed E-state index contributed by atoms with van der Waals surface area (Å²) in [5.74, 6) is -3.06. The molecule has 7 heteroatoms. The fraction of sp³-hybridized carbons (Fsp3) is 1.00. The zero-order valence-corrected chi connectivity index (χ0v) is 9.75. The molecular weight excluding hydrogens is 248 g/mol. The molecule has 0 saturated heterocycles. The zero-order chi connectivity index (χ0) is 11.5. The molecule has 0 aromatic carbocycles. The Bertz CT molecular complexity index is 302. The second-order valence-electron chi connectivity index (χ2n) is 3.97. The van der Waals surface area contributed by atoms with Crippen molar-refractivity contribution in [2.45, 2.75) is 31.4 Å². The maximum absolute atomic E-state index is 12.0. The summed E-state index contributed by atoms with van der Waals surface area (Å²) in [6.07, 6.45) is 3.54. The Kier molecular flexibility index (Phi) is 4.31. The molecule has 0 aromatic rings. The number of sulfonamides is 1. The van der Waals surface area contributed by atoms with Crippen LogP contribution >= 0.6 is 11.6 Å². The lowest BCUT2D eigenvalue weighted by Gasteiger charge is -2.26. The van der Waals surface area contributed by atoms with Crippen LogP contribution in [0.25, 0.3) is 0 Å². The van der Waals surface area contributed by atoms with Crippen LogP contribution in [0, 0.1) is 5.41 Å². The fourth-order valence-corrected chi connectivity index (χ4v) is 2.79. The lowest BCUT2D eigenvalue weighted by molar-refractivity contribution is 0.230. The van der Waals surface area contributed by atoms with Gasteiger partial charge in [-0.3, -0.25) is 0 Å². The van der Waals surface area contributed by atoms with Gasteiger partial charge in [-0.2, -0.15) is 8.78 Å². The molecule has 1 aliphatic carbocycles. The number of alkyl halides is 3. The average Bonchev–Trinajstić information content (AvgIpc) is 2.64. The minimum Gasteiger partial charge on any atom is -0.210 e. The highest BCUT2D eigenvalue weighted by molar-refractivity contribution is 7.89. The maximum Gasteiger partial charge on any atom is 0.350 e. The van der Waals surface area contributed by atoms with E-state index in [9.17, 15) is 17.2 Å². The highest BCUT2D eigenvalue weighted by atomic mass is 35.5. The molecule has 1 saturated carbocycles. The van der Waals surface area contributed by atoms with Crippen LogP contribution in [0.5, 0.6) is 0 Å². The van der Waals surface area contributed by atoms with Gasteiger partial charge in [0.1, 0.15) is 0 Å². The Balaban J connectivity index is 2.55. The topological polar surface area (TPSA) is 46.2 Å². The standard InChI is InChI=1S/C8H14ClF2NO2S/c9-5-8(3-1-2-4-8)6-12-15(13,14)7(10)11/h7,12H,1-6H2. The largest absolute Gasteiger partial charge is 0.350 e. The van der Waals surface area contributed by atoms with Crippen molar-refractivity contribution in [1.82, 2.24) is 4.72 Å². The third-order valence-electron chi connectivity index (χ3n) is 2.83. The second-order valence-corrected chi connectivity index (χ2v) is 5.97. The van der Waals surface area contributed by atoms with E-state index in [0.717, 1.165) is 25.7 Å². The number of halogens is 3. The lowest BCUT2D eigenvalue weighted by atomic mass is 9.89. The molecule has 90 valence electrons. The van der Waals surface area contributed by atoms with Gasteiger partial charge < -0.3 is 0 Å². The van der Waals surface area contributed by atoms with Gasteiger partial charge in [0.05, 0.1) is 0 Å². The SMILES string of the molecule is O=S(=O)(NCC1(CCl)CCCC1)C(F)F. The van der Waals surface area contributed by atoms with Crippen molar-refractivity contribution >= 4 is 21.6 Å². The molecule has 0 unspecified atom stereocenters. The lowest BCUT2D eigenvalue weighted by Crippen LogP contribution is -2.39. The molecule has 0 radical (unpaired) electrons. The van der Waals surface area contributed by atoms with Gasteiger partial charge >= 0.3 is 5.76 Å². The van der Waals surface area contributed by atoms with Crippen LogP contribution in [-0.2, 0) is 10.0 Å². The average molecular weight is 262 g/mol. The van der Waals surface area contributed by atoms with Gasteiger partial charge in [-0.25, -0.2) is 13.1 Å². The Labute approximate surface area is 93.2 Å². The van der Waals surface area contributed by atoms with Crippen molar-refractivity contribution < 1.29 is 17.2 Å². The van der Waals surface area contributed by atoms with Crippen molar-refractivity contribution in [3.05, 3.63) is 0 Å². The third kappa shape index (κ3) is 3.26. The van der Waals surface area contributed by atoms with E-state index in [1.807, 2.05) is 4.72 Å². The quantitative estimate of drug-likeness (QED) is 0.769. The Morgan fingerprint density at radius 1 is 1.33 bits per heavy atom. The molecule has 0 heterocycles. The van der Waals surface area contributed by atoms with E-state index in [-0.39, 0.29) is 12.0 Å². The predicted molar refractivity (Wildman–Crippen MR) is 54.5 cm³/mol. The number of nitrogens with one attached hydrogen (secondary N) is 1. The molecule has 0 aromatic heterocycles. The number of rotatable bonds is 5. The summed E-state index contributed by atoms with van der Waals surface area (Å²) in [5.41, 5.74) is -0.330. The predicted octanol–water partition coefficient (Wildman–Crippen LogP) is 1.93. The van der Waals surface area contributed by atoms with Crippen LogP contribution in [0.15, 0.2) is 0 Å². The molecule has 1 N–H and O–H groups in total. The molecule has 0 bridgehead atoms. The van der Waals surface area contributed by atoms with Crippen molar-refractivity contribution in [2.24, 2.45) is 5.41 Å². The first-order chi connectivity index (χ1) is 6.92. The van der Waals surface area contributed by atoms with Gasteiger partial charge in [-0.1, -0.05) is 12.8 Å². The first-order valence-electron chi connectivity index (χ1n) is 4.74. The summed E-state index contributed by atoms with van der Waals surface area (Å²) in [7, 11) is -4.48. The minimum absolute atomic E-state index is 0.0170. The summed E-state index contributed by atoms with van der Waals surface area (Å²) < 4.78 is 47.7. The Morgan fingerprint density at radius 2 is 1.87 bits per heavy atom.